The summed E-state index contributed by atoms with van der Waals surface area (Å²) in [7, 11) is 0. The number of anilines is 1. The number of carbonyl (C=O) groups excluding carboxylic acids is 1. The van der Waals surface area contributed by atoms with Gasteiger partial charge in [-0.3, -0.25) is 9.59 Å². The van der Waals surface area contributed by atoms with Crippen LogP contribution in [0.3, 0.4) is 0 Å². The zero-order valence-electron chi connectivity index (χ0n) is 10.5. The Labute approximate surface area is 111 Å². The van der Waals surface area contributed by atoms with Crippen molar-refractivity contribution in [3.8, 4) is 0 Å². The van der Waals surface area contributed by atoms with Gasteiger partial charge in [0, 0.05) is 18.8 Å². The average Bonchev–Trinajstić information content (AvgIpc) is 2.70. The van der Waals surface area contributed by atoms with Crippen LogP contribution in [0.25, 0.3) is 0 Å². The van der Waals surface area contributed by atoms with Crippen LogP contribution >= 0.6 is 0 Å². The van der Waals surface area contributed by atoms with Crippen molar-refractivity contribution in [3.05, 3.63) is 29.3 Å². The van der Waals surface area contributed by atoms with Crippen molar-refractivity contribution in [2.45, 2.75) is 25.4 Å². The van der Waals surface area contributed by atoms with Gasteiger partial charge in [0.25, 0.3) is 0 Å². The summed E-state index contributed by atoms with van der Waals surface area (Å²) in [4.78, 5) is 24.2. The maximum absolute atomic E-state index is 11.9. The Morgan fingerprint density at radius 1 is 1.47 bits per heavy atom. The molecule has 1 atom stereocenters. The molecule has 2 rings (SSSR count). The molecule has 1 aliphatic heterocycles. The van der Waals surface area contributed by atoms with E-state index in [0.717, 1.165) is 16.8 Å². The molecule has 0 spiro atoms. The van der Waals surface area contributed by atoms with E-state index in [1.54, 1.807) is 4.90 Å². The molecule has 1 aliphatic rings. The summed E-state index contributed by atoms with van der Waals surface area (Å²) in [6.45, 7) is 0.757. The molecule has 0 saturated heterocycles. The van der Waals surface area contributed by atoms with Gasteiger partial charge >= 0.3 is 5.97 Å². The lowest BCUT2D eigenvalue weighted by Crippen LogP contribution is -2.36. The second kappa shape index (κ2) is 5.38. The van der Waals surface area contributed by atoms with E-state index in [9.17, 15) is 9.59 Å². The van der Waals surface area contributed by atoms with Gasteiger partial charge in [-0.15, -0.1) is 0 Å². The van der Waals surface area contributed by atoms with Crippen molar-refractivity contribution in [3.63, 3.8) is 0 Å². The Morgan fingerprint density at radius 3 is 2.84 bits per heavy atom. The molecule has 5 N–H and O–H groups in total. The third-order valence-electron chi connectivity index (χ3n) is 3.29. The third-order valence-corrected chi connectivity index (χ3v) is 3.29. The lowest BCUT2D eigenvalue weighted by atomic mass is 10.1. The predicted molar refractivity (Wildman–Crippen MR) is 70.6 cm³/mol. The first-order chi connectivity index (χ1) is 9.02. The summed E-state index contributed by atoms with van der Waals surface area (Å²) < 4.78 is 0. The number of carbonyl (C=O) groups is 2. The largest absolute Gasteiger partial charge is 0.480 e. The van der Waals surface area contributed by atoms with Crippen LogP contribution in [0.1, 0.15) is 17.5 Å². The van der Waals surface area contributed by atoms with E-state index in [1.165, 1.54) is 0 Å². The van der Waals surface area contributed by atoms with E-state index < -0.39 is 12.0 Å². The fourth-order valence-corrected chi connectivity index (χ4v) is 2.20. The molecule has 1 aromatic rings. The molecular weight excluding hydrogens is 246 g/mol. The minimum absolute atomic E-state index is 0.0261. The van der Waals surface area contributed by atoms with Crippen molar-refractivity contribution in [1.29, 1.82) is 0 Å². The third kappa shape index (κ3) is 2.74. The standard InChI is InChI=1S/C13H17N3O3/c14-7-8-1-2-11-9(5-8)6-12(17)16(11)4-3-10(15)13(18)19/h1-2,5,10H,3-4,6-7,14-15H2,(H,18,19). The van der Waals surface area contributed by atoms with Crippen LogP contribution in [0, 0.1) is 0 Å². The first-order valence-corrected chi connectivity index (χ1v) is 6.13. The molecule has 0 radical (unpaired) electrons. The molecular formula is C13H17N3O3. The lowest BCUT2D eigenvalue weighted by molar-refractivity contribution is -0.138. The summed E-state index contributed by atoms with van der Waals surface area (Å²) in [5, 5.41) is 8.74. The highest BCUT2D eigenvalue weighted by Crippen LogP contribution is 2.29. The van der Waals surface area contributed by atoms with E-state index in [2.05, 4.69) is 0 Å². The summed E-state index contributed by atoms with van der Waals surface area (Å²) in [5.74, 6) is -1.08. The molecule has 0 aromatic heterocycles. The molecule has 1 amide bonds. The molecule has 6 heteroatoms. The summed E-state index contributed by atoms with van der Waals surface area (Å²) in [6, 6.07) is 4.71. The fraction of sp³-hybridized carbons (Fsp3) is 0.385. The number of carboxylic acid groups (broad SMARTS) is 1. The zero-order valence-corrected chi connectivity index (χ0v) is 10.5. The maximum Gasteiger partial charge on any atom is 0.320 e. The Balaban J connectivity index is 2.12. The summed E-state index contributed by atoms with van der Waals surface area (Å²) >= 11 is 0. The van der Waals surface area contributed by atoms with Crippen LogP contribution < -0.4 is 16.4 Å². The maximum atomic E-state index is 11.9. The molecule has 0 saturated carbocycles. The predicted octanol–water partition coefficient (Wildman–Crippen LogP) is -0.164. The normalized spacial score (nSPS) is 15.5. The van der Waals surface area contributed by atoms with Gasteiger partial charge in [-0.2, -0.15) is 0 Å². The topological polar surface area (TPSA) is 110 Å². The minimum Gasteiger partial charge on any atom is -0.480 e. The highest BCUT2D eigenvalue weighted by Gasteiger charge is 2.27. The number of nitrogens with two attached hydrogens (primary N) is 2. The number of fused-ring (bicyclic) bond motifs is 1. The smallest absolute Gasteiger partial charge is 0.320 e. The zero-order chi connectivity index (χ0) is 14.0. The molecule has 0 bridgehead atoms. The van der Waals surface area contributed by atoms with Gasteiger partial charge < -0.3 is 21.5 Å². The highest BCUT2D eigenvalue weighted by atomic mass is 16.4. The second-order valence-corrected chi connectivity index (χ2v) is 4.62. The second-order valence-electron chi connectivity index (χ2n) is 4.62. The van der Waals surface area contributed by atoms with Gasteiger partial charge in [0.05, 0.1) is 6.42 Å². The Hall–Kier alpha value is -1.92. The number of nitrogens with zero attached hydrogens (tertiary/aromatic N) is 1. The highest BCUT2D eigenvalue weighted by molar-refractivity contribution is 6.01. The van der Waals surface area contributed by atoms with Crippen LogP contribution in [-0.4, -0.2) is 29.6 Å². The quantitative estimate of drug-likeness (QED) is 0.683. The number of carboxylic acids is 1. The Kier molecular flexibility index (Phi) is 3.82. The lowest BCUT2D eigenvalue weighted by Gasteiger charge is -2.18. The van der Waals surface area contributed by atoms with E-state index in [1.807, 2.05) is 18.2 Å². The molecule has 0 fully saturated rings. The summed E-state index contributed by atoms with van der Waals surface area (Å²) in [6.07, 6.45) is 0.574. The molecule has 6 nitrogen and oxygen atoms in total. The monoisotopic (exact) mass is 263 g/mol. The van der Waals surface area contributed by atoms with Gasteiger partial charge in [0.15, 0.2) is 0 Å². The molecule has 0 aliphatic carbocycles. The van der Waals surface area contributed by atoms with Gasteiger partial charge in [-0.25, -0.2) is 0 Å². The van der Waals surface area contributed by atoms with Gasteiger partial charge in [-0.1, -0.05) is 12.1 Å². The first-order valence-electron chi connectivity index (χ1n) is 6.13. The number of rotatable bonds is 5. The van der Waals surface area contributed by atoms with Crippen LogP contribution in [0.5, 0.6) is 0 Å². The van der Waals surface area contributed by atoms with E-state index in [4.69, 9.17) is 16.6 Å². The number of benzene rings is 1. The first kappa shape index (κ1) is 13.5. The number of hydrogen-bond acceptors (Lipinski definition) is 4. The molecule has 1 aromatic carbocycles. The van der Waals surface area contributed by atoms with Crippen LogP contribution in [0.15, 0.2) is 18.2 Å². The number of amides is 1. The summed E-state index contributed by atoms with van der Waals surface area (Å²) in [5.41, 5.74) is 13.8. The van der Waals surface area contributed by atoms with Crippen LogP contribution in [0.4, 0.5) is 5.69 Å². The van der Waals surface area contributed by atoms with Gasteiger partial charge in [-0.05, 0) is 23.6 Å². The van der Waals surface area contributed by atoms with Gasteiger partial charge in [0.2, 0.25) is 5.91 Å². The van der Waals surface area contributed by atoms with Crippen LogP contribution in [0.2, 0.25) is 0 Å². The Morgan fingerprint density at radius 2 is 2.21 bits per heavy atom. The van der Waals surface area contributed by atoms with E-state index in [-0.39, 0.29) is 12.3 Å². The molecule has 1 heterocycles. The molecule has 102 valence electrons. The number of aliphatic carboxylic acids is 1. The van der Waals surface area contributed by atoms with E-state index >= 15 is 0 Å². The van der Waals surface area contributed by atoms with Gasteiger partial charge in [0.1, 0.15) is 6.04 Å². The van der Waals surface area contributed by atoms with Crippen molar-refractivity contribution < 1.29 is 14.7 Å². The van der Waals surface area contributed by atoms with Crippen LogP contribution in [-0.2, 0) is 22.6 Å². The Bertz CT molecular complexity index is 516. The number of hydrogen-bond donors (Lipinski definition) is 3. The van der Waals surface area contributed by atoms with Crippen molar-refractivity contribution in [2.24, 2.45) is 11.5 Å². The fourth-order valence-electron chi connectivity index (χ4n) is 2.20. The SMILES string of the molecule is NCc1ccc2c(c1)CC(=O)N2CCC(N)C(=O)O. The van der Waals surface area contributed by atoms with Crippen molar-refractivity contribution in [1.82, 2.24) is 0 Å². The molecule has 1 unspecified atom stereocenters. The van der Waals surface area contributed by atoms with Crippen molar-refractivity contribution in [2.75, 3.05) is 11.4 Å². The average molecular weight is 263 g/mol. The van der Waals surface area contributed by atoms with E-state index in [0.29, 0.717) is 19.5 Å². The minimum atomic E-state index is -1.05. The van der Waals surface area contributed by atoms with Crippen molar-refractivity contribution >= 4 is 17.6 Å². The molecule has 19 heavy (non-hydrogen) atoms.